The lowest BCUT2D eigenvalue weighted by Crippen LogP contribution is -2.37. The van der Waals surface area contributed by atoms with E-state index in [1.165, 1.54) is 7.11 Å². The quantitative estimate of drug-likeness (QED) is 0.0421. The van der Waals surface area contributed by atoms with Crippen LogP contribution in [0.5, 0.6) is 17.2 Å². The van der Waals surface area contributed by atoms with Gasteiger partial charge in [0.2, 0.25) is 0 Å². The fourth-order valence-corrected chi connectivity index (χ4v) is 6.94. The first-order chi connectivity index (χ1) is 26.7. The Morgan fingerprint density at radius 1 is 0.911 bits per heavy atom. The van der Waals surface area contributed by atoms with Gasteiger partial charge in [-0.2, -0.15) is 0 Å². The Bertz CT molecular complexity index is 1700. The van der Waals surface area contributed by atoms with Crippen LogP contribution in [0.1, 0.15) is 71.9 Å². The van der Waals surface area contributed by atoms with Gasteiger partial charge in [0.05, 0.1) is 45.2 Å². The summed E-state index contributed by atoms with van der Waals surface area (Å²) < 4.78 is 52.8. The fraction of sp³-hybridized carbons (Fsp3) is 0.500. The molecule has 1 fully saturated rings. The van der Waals surface area contributed by atoms with Gasteiger partial charge in [0.15, 0.2) is 12.6 Å². The van der Waals surface area contributed by atoms with E-state index >= 15 is 0 Å². The molecule has 0 radical (unpaired) electrons. The molecule has 0 N–H and O–H groups in total. The van der Waals surface area contributed by atoms with Crippen molar-refractivity contribution in [2.75, 3.05) is 34.7 Å². The molecule has 2 unspecified atom stereocenters. The van der Waals surface area contributed by atoms with Crippen molar-refractivity contribution < 1.29 is 52.2 Å². The van der Waals surface area contributed by atoms with Crippen LogP contribution in [0.25, 0.3) is 0 Å². The molecule has 1 aliphatic rings. The predicted octanol–water partition coefficient (Wildman–Crippen LogP) is 8.80. The lowest BCUT2D eigenvalue weighted by molar-refractivity contribution is -0.153. The van der Waals surface area contributed by atoms with E-state index in [1.54, 1.807) is 44.6 Å². The molecule has 3 aromatic carbocycles. The number of hydrogen-bond donors (Lipinski definition) is 0. The SMILES string of the molecule is COCOc1cc(OC)cc(CCC[C@@H]2OC(C)(C)OC2C(/C=C\C[C@H](C)OCc2ccc(OC)cc2)OC(=O)c2ccccc2)c1C(=O)OCC[Si](C)(C)C. The van der Waals surface area contributed by atoms with Crippen LogP contribution < -0.4 is 14.2 Å². The summed E-state index contributed by atoms with van der Waals surface area (Å²) in [5, 5.41) is 0. The molecule has 4 atom stereocenters. The van der Waals surface area contributed by atoms with Crippen molar-refractivity contribution in [2.24, 2.45) is 0 Å². The molecule has 306 valence electrons. The van der Waals surface area contributed by atoms with E-state index in [0.29, 0.717) is 61.5 Å². The average molecular weight is 793 g/mol. The zero-order valence-electron chi connectivity index (χ0n) is 34.5. The number of esters is 2. The molecule has 12 heteroatoms. The minimum Gasteiger partial charge on any atom is -0.497 e. The highest BCUT2D eigenvalue weighted by Gasteiger charge is 2.45. The van der Waals surface area contributed by atoms with Gasteiger partial charge in [0.1, 0.15) is 35.0 Å². The lowest BCUT2D eigenvalue weighted by Gasteiger charge is -2.25. The van der Waals surface area contributed by atoms with Gasteiger partial charge in [0, 0.05) is 21.3 Å². The second-order valence-electron chi connectivity index (χ2n) is 15.6. The van der Waals surface area contributed by atoms with Crippen LogP contribution in [0.2, 0.25) is 25.7 Å². The summed E-state index contributed by atoms with van der Waals surface area (Å²) in [5.41, 5.74) is 2.54. The Balaban J connectivity index is 1.52. The van der Waals surface area contributed by atoms with Crippen LogP contribution in [-0.2, 0) is 41.4 Å². The summed E-state index contributed by atoms with van der Waals surface area (Å²) in [6, 6.07) is 21.0. The van der Waals surface area contributed by atoms with Crippen molar-refractivity contribution in [1.82, 2.24) is 0 Å². The van der Waals surface area contributed by atoms with Gasteiger partial charge in [-0.3, -0.25) is 0 Å². The number of carbonyl (C=O) groups is 2. The van der Waals surface area contributed by atoms with Crippen LogP contribution >= 0.6 is 0 Å². The highest BCUT2D eigenvalue weighted by atomic mass is 28.3. The Hall–Kier alpha value is -4.20. The maximum Gasteiger partial charge on any atom is 0.342 e. The smallest absolute Gasteiger partial charge is 0.342 e. The summed E-state index contributed by atoms with van der Waals surface area (Å²) in [7, 11) is 3.29. The minimum atomic E-state index is -1.44. The van der Waals surface area contributed by atoms with Gasteiger partial charge in [-0.05, 0) is 100 Å². The predicted molar refractivity (Wildman–Crippen MR) is 217 cm³/mol. The first kappa shape index (κ1) is 44.5. The molecule has 0 bridgehead atoms. The van der Waals surface area contributed by atoms with Crippen molar-refractivity contribution in [3.8, 4) is 17.2 Å². The Labute approximate surface area is 333 Å². The summed E-state index contributed by atoms with van der Waals surface area (Å²) >= 11 is 0. The maximum atomic E-state index is 13.6. The van der Waals surface area contributed by atoms with E-state index in [9.17, 15) is 9.59 Å². The monoisotopic (exact) mass is 792 g/mol. The van der Waals surface area contributed by atoms with Gasteiger partial charge in [-0.15, -0.1) is 0 Å². The molecule has 0 spiro atoms. The number of hydrogen-bond acceptors (Lipinski definition) is 11. The summed E-state index contributed by atoms with van der Waals surface area (Å²) in [6.45, 7) is 13.1. The minimum absolute atomic E-state index is 0.0456. The molecule has 0 aliphatic carbocycles. The highest BCUT2D eigenvalue weighted by molar-refractivity contribution is 6.76. The number of carbonyl (C=O) groups excluding carboxylic acids is 2. The summed E-state index contributed by atoms with van der Waals surface area (Å²) in [4.78, 5) is 27.0. The third-order valence-corrected chi connectivity index (χ3v) is 10.9. The average Bonchev–Trinajstić information content (AvgIpc) is 3.48. The van der Waals surface area contributed by atoms with Crippen molar-refractivity contribution >= 4 is 20.0 Å². The highest BCUT2D eigenvalue weighted by Crippen LogP contribution is 2.36. The molecule has 3 aromatic rings. The van der Waals surface area contributed by atoms with Crippen molar-refractivity contribution in [1.29, 1.82) is 0 Å². The molecular formula is C44H60O11Si. The number of benzene rings is 3. The van der Waals surface area contributed by atoms with Crippen LogP contribution in [0.15, 0.2) is 78.9 Å². The number of ether oxygens (including phenoxy) is 9. The molecule has 0 aromatic heterocycles. The topological polar surface area (TPSA) is 117 Å². The maximum absolute atomic E-state index is 13.6. The van der Waals surface area contributed by atoms with E-state index in [2.05, 4.69) is 19.6 Å². The van der Waals surface area contributed by atoms with E-state index in [0.717, 1.165) is 22.9 Å². The van der Waals surface area contributed by atoms with E-state index in [1.807, 2.05) is 69.3 Å². The van der Waals surface area contributed by atoms with E-state index < -0.39 is 44.1 Å². The second-order valence-corrected chi connectivity index (χ2v) is 21.2. The standard InChI is InChI=1S/C44H60O11Si/c1-31(51-29-32-21-23-35(48-5)24-22-32)15-13-19-37(53-42(45)33-16-11-10-12-17-33)41-38(54-44(2,3)55-41)20-14-18-34-27-36(49-6)28-39(52-30-47-4)40(34)43(46)50-25-26-56(7,8)9/h10-13,16-17,19,21-24,27-28,31,37-38,41H,14-15,18,20,25-26,29-30H2,1-9H3/b19-13-/t31-,37?,38-,41?/m0/s1. The number of aryl methyl sites for hydroxylation is 1. The largest absolute Gasteiger partial charge is 0.497 e. The van der Waals surface area contributed by atoms with Crippen LogP contribution in [-0.4, -0.2) is 84.9 Å². The Morgan fingerprint density at radius 2 is 1.62 bits per heavy atom. The molecule has 1 aliphatic heterocycles. The molecule has 0 saturated carbocycles. The van der Waals surface area contributed by atoms with E-state index in [4.69, 9.17) is 42.6 Å². The Kier molecular flexibility index (Phi) is 17.0. The van der Waals surface area contributed by atoms with Crippen molar-refractivity contribution in [3.63, 3.8) is 0 Å². The van der Waals surface area contributed by atoms with Gasteiger partial charge >= 0.3 is 11.9 Å². The number of rotatable bonds is 22. The third kappa shape index (κ3) is 14.1. The van der Waals surface area contributed by atoms with Crippen LogP contribution in [0.3, 0.4) is 0 Å². The third-order valence-electron chi connectivity index (χ3n) is 9.23. The van der Waals surface area contributed by atoms with Gasteiger partial charge in [-0.25, -0.2) is 9.59 Å². The second kappa shape index (κ2) is 21.4. The molecule has 1 saturated heterocycles. The van der Waals surface area contributed by atoms with Crippen molar-refractivity contribution in [2.45, 2.75) is 109 Å². The zero-order chi connectivity index (χ0) is 40.7. The number of methoxy groups -OCH3 is 3. The molecule has 1 heterocycles. The lowest BCUT2D eigenvalue weighted by atomic mass is 9.96. The summed E-state index contributed by atoms with van der Waals surface area (Å²) in [5.74, 6) is -0.180. The van der Waals surface area contributed by atoms with Crippen molar-refractivity contribution in [3.05, 3.63) is 101 Å². The van der Waals surface area contributed by atoms with Gasteiger partial charge in [0.25, 0.3) is 0 Å². The zero-order valence-corrected chi connectivity index (χ0v) is 35.5. The first-order valence-corrected chi connectivity index (χ1v) is 22.9. The van der Waals surface area contributed by atoms with Gasteiger partial charge < -0.3 is 42.6 Å². The molecule has 0 amide bonds. The van der Waals surface area contributed by atoms with Gasteiger partial charge in [-0.1, -0.05) is 56.0 Å². The normalized spacial score (nSPS) is 17.7. The summed E-state index contributed by atoms with van der Waals surface area (Å²) in [6.07, 6.45) is 4.13. The molecule has 11 nitrogen and oxygen atoms in total. The molecular weight excluding hydrogens is 733 g/mol. The van der Waals surface area contributed by atoms with E-state index in [-0.39, 0.29) is 12.9 Å². The van der Waals surface area contributed by atoms with Crippen LogP contribution in [0.4, 0.5) is 0 Å². The van der Waals surface area contributed by atoms with Crippen LogP contribution in [0, 0.1) is 0 Å². The molecule has 4 rings (SSSR count). The fourth-order valence-electron chi connectivity index (χ4n) is 6.22. The Morgan fingerprint density at radius 3 is 2.29 bits per heavy atom. The molecule has 56 heavy (non-hydrogen) atoms. The first-order valence-electron chi connectivity index (χ1n) is 19.2.